The molecule has 0 aliphatic heterocycles. The number of fused-ring (bicyclic) bond motifs is 1. The maximum absolute atomic E-state index is 9.76. The second-order valence-electron chi connectivity index (χ2n) is 6.72. The van der Waals surface area contributed by atoms with E-state index in [1.54, 1.807) is 0 Å². The van der Waals surface area contributed by atoms with Crippen LogP contribution in [0.15, 0.2) is 48.5 Å². The van der Waals surface area contributed by atoms with Crippen molar-refractivity contribution in [2.75, 3.05) is 13.6 Å². The van der Waals surface area contributed by atoms with Gasteiger partial charge in [-0.05, 0) is 86.4 Å². The second kappa shape index (κ2) is 9.10. The number of nitrogens with one attached hydrogen (secondary N) is 1. The molecule has 1 aliphatic rings. The van der Waals surface area contributed by atoms with E-state index in [0.29, 0.717) is 17.6 Å². The predicted molar refractivity (Wildman–Crippen MR) is 103 cm³/mol. The molecule has 2 atom stereocenters. The number of aryl methyl sites for hydroxylation is 2. The van der Waals surface area contributed by atoms with Crippen LogP contribution in [0.25, 0.3) is 0 Å². The van der Waals surface area contributed by atoms with Crippen LogP contribution in [0.4, 0.5) is 0 Å². The highest BCUT2D eigenvalue weighted by molar-refractivity contribution is 5.85. The van der Waals surface area contributed by atoms with E-state index in [2.05, 4.69) is 48.8 Å². The Labute approximate surface area is 151 Å². The topological polar surface area (TPSA) is 32.3 Å². The Morgan fingerprint density at radius 1 is 1.17 bits per heavy atom. The minimum absolute atomic E-state index is 0. The van der Waals surface area contributed by atoms with E-state index in [4.69, 9.17) is 0 Å². The summed E-state index contributed by atoms with van der Waals surface area (Å²) in [6.07, 6.45) is 5.93. The van der Waals surface area contributed by atoms with Gasteiger partial charge in [-0.1, -0.05) is 36.4 Å². The average Bonchev–Trinajstić information content (AvgIpc) is 2.59. The van der Waals surface area contributed by atoms with Gasteiger partial charge in [-0.25, -0.2) is 0 Å². The van der Waals surface area contributed by atoms with Gasteiger partial charge in [-0.3, -0.25) is 0 Å². The molecule has 2 unspecified atom stereocenters. The number of benzene rings is 2. The average molecular weight is 346 g/mol. The van der Waals surface area contributed by atoms with Crippen LogP contribution in [0.2, 0.25) is 0 Å². The number of hydrogen-bond donors (Lipinski definition) is 2. The van der Waals surface area contributed by atoms with Gasteiger partial charge in [-0.2, -0.15) is 0 Å². The summed E-state index contributed by atoms with van der Waals surface area (Å²) in [7, 11) is 2.05. The van der Waals surface area contributed by atoms with Crippen molar-refractivity contribution < 1.29 is 5.11 Å². The van der Waals surface area contributed by atoms with Crippen LogP contribution in [-0.2, 0) is 12.8 Å². The fourth-order valence-corrected chi connectivity index (χ4v) is 4.03. The van der Waals surface area contributed by atoms with Gasteiger partial charge in [0.2, 0.25) is 0 Å². The van der Waals surface area contributed by atoms with E-state index in [-0.39, 0.29) is 12.4 Å². The first-order valence-corrected chi connectivity index (χ1v) is 8.78. The fraction of sp³-hybridized carbons (Fsp3) is 0.429. The zero-order chi connectivity index (χ0) is 16.1. The van der Waals surface area contributed by atoms with Crippen molar-refractivity contribution in [3.05, 3.63) is 65.2 Å². The van der Waals surface area contributed by atoms with Crippen molar-refractivity contribution in [3.8, 4) is 5.75 Å². The molecule has 2 nitrogen and oxygen atoms in total. The zero-order valence-corrected chi connectivity index (χ0v) is 15.2. The standard InChI is InChI=1S/C21H27NO.ClH/c1-22-15-18(11-10-16-6-3-2-4-7-16)20-9-5-8-17-14-19(23)12-13-21(17)20;/h2-4,6-7,12-14,18,20,22-23H,5,8-11,15H2,1H3;1H. The SMILES string of the molecule is CNCC(CCc1ccccc1)C1CCCc2cc(O)ccc21.Cl. The third-order valence-electron chi connectivity index (χ3n) is 5.17. The van der Waals surface area contributed by atoms with E-state index in [9.17, 15) is 5.11 Å². The number of phenolic OH excluding ortho intramolecular Hbond substituents is 1. The molecule has 0 heterocycles. The Morgan fingerprint density at radius 3 is 2.71 bits per heavy atom. The summed E-state index contributed by atoms with van der Waals surface area (Å²) in [5, 5.41) is 13.2. The predicted octanol–water partition coefficient (Wildman–Crippen LogP) is 4.70. The van der Waals surface area contributed by atoms with E-state index >= 15 is 0 Å². The molecule has 0 saturated heterocycles. The normalized spacial score (nSPS) is 17.6. The highest BCUT2D eigenvalue weighted by Gasteiger charge is 2.27. The number of halogens is 1. The van der Waals surface area contributed by atoms with Crippen molar-refractivity contribution in [2.45, 2.75) is 38.0 Å². The van der Waals surface area contributed by atoms with Crippen LogP contribution >= 0.6 is 12.4 Å². The van der Waals surface area contributed by atoms with Gasteiger partial charge in [-0.15, -0.1) is 12.4 Å². The van der Waals surface area contributed by atoms with Crippen molar-refractivity contribution in [2.24, 2.45) is 5.92 Å². The lowest BCUT2D eigenvalue weighted by Gasteiger charge is -2.32. The van der Waals surface area contributed by atoms with Gasteiger partial charge < -0.3 is 10.4 Å². The highest BCUT2D eigenvalue weighted by Crippen LogP contribution is 2.39. The van der Waals surface area contributed by atoms with Gasteiger partial charge in [0.05, 0.1) is 0 Å². The van der Waals surface area contributed by atoms with Crippen LogP contribution in [0.1, 0.15) is 41.9 Å². The molecule has 0 aromatic heterocycles. The van der Waals surface area contributed by atoms with E-state index in [1.165, 1.54) is 36.0 Å². The third kappa shape index (κ3) is 4.52. The van der Waals surface area contributed by atoms with E-state index in [0.717, 1.165) is 19.4 Å². The Bertz CT molecular complexity index is 629. The molecule has 0 spiro atoms. The molecule has 3 rings (SSSR count). The second-order valence-corrected chi connectivity index (χ2v) is 6.72. The largest absolute Gasteiger partial charge is 0.508 e. The van der Waals surface area contributed by atoms with Crippen molar-refractivity contribution in [1.82, 2.24) is 5.32 Å². The van der Waals surface area contributed by atoms with Crippen molar-refractivity contribution in [3.63, 3.8) is 0 Å². The zero-order valence-electron chi connectivity index (χ0n) is 14.4. The maximum atomic E-state index is 9.76. The minimum Gasteiger partial charge on any atom is -0.508 e. The first-order valence-electron chi connectivity index (χ1n) is 8.78. The summed E-state index contributed by atoms with van der Waals surface area (Å²) in [6, 6.07) is 16.8. The molecule has 0 amide bonds. The Morgan fingerprint density at radius 2 is 1.96 bits per heavy atom. The summed E-state index contributed by atoms with van der Waals surface area (Å²) >= 11 is 0. The number of rotatable bonds is 6. The first-order chi connectivity index (χ1) is 11.3. The molecule has 0 bridgehead atoms. The summed E-state index contributed by atoms with van der Waals surface area (Å²) in [5.74, 6) is 1.65. The molecule has 24 heavy (non-hydrogen) atoms. The minimum atomic E-state index is 0. The summed E-state index contributed by atoms with van der Waals surface area (Å²) < 4.78 is 0. The van der Waals surface area contributed by atoms with Crippen LogP contribution in [0, 0.1) is 5.92 Å². The first kappa shape index (κ1) is 18.8. The van der Waals surface area contributed by atoms with Crippen LogP contribution in [-0.4, -0.2) is 18.7 Å². The van der Waals surface area contributed by atoms with Gasteiger partial charge in [0.1, 0.15) is 5.75 Å². The maximum Gasteiger partial charge on any atom is 0.115 e. The molecule has 2 aromatic rings. The smallest absolute Gasteiger partial charge is 0.115 e. The molecule has 2 N–H and O–H groups in total. The summed E-state index contributed by atoms with van der Waals surface area (Å²) in [4.78, 5) is 0. The Hall–Kier alpha value is -1.51. The number of hydrogen-bond acceptors (Lipinski definition) is 2. The van der Waals surface area contributed by atoms with Gasteiger partial charge in [0, 0.05) is 0 Å². The highest BCUT2D eigenvalue weighted by atomic mass is 35.5. The number of aromatic hydroxyl groups is 1. The molecular formula is C21H28ClNO. The molecule has 3 heteroatoms. The monoisotopic (exact) mass is 345 g/mol. The third-order valence-corrected chi connectivity index (χ3v) is 5.17. The fourth-order valence-electron chi connectivity index (χ4n) is 4.03. The number of phenols is 1. The molecule has 0 radical (unpaired) electrons. The molecule has 0 saturated carbocycles. The Balaban J connectivity index is 0.00000208. The molecule has 2 aromatic carbocycles. The van der Waals surface area contributed by atoms with Crippen molar-refractivity contribution in [1.29, 1.82) is 0 Å². The molecular weight excluding hydrogens is 318 g/mol. The molecule has 1 aliphatic carbocycles. The van der Waals surface area contributed by atoms with E-state index < -0.39 is 0 Å². The van der Waals surface area contributed by atoms with Crippen LogP contribution < -0.4 is 5.32 Å². The van der Waals surface area contributed by atoms with E-state index in [1.807, 2.05) is 12.1 Å². The van der Waals surface area contributed by atoms with Crippen molar-refractivity contribution >= 4 is 12.4 Å². The van der Waals surface area contributed by atoms with Crippen LogP contribution in [0.3, 0.4) is 0 Å². The quantitative estimate of drug-likeness (QED) is 0.795. The molecule has 130 valence electrons. The van der Waals surface area contributed by atoms with Gasteiger partial charge in [0.25, 0.3) is 0 Å². The van der Waals surface area contributed by atoms with Gasteiger partial charge >= 0.3 is 0 Å². The lowest BCUT2D eigenvalue weighted by molar-refractivity contribution is 0.347. The molecule has 0 fully saturated rings. The summed E-state index contributed by atoms with van der Waals surface area (Å²) in [5.41, 5.74) is 4.24. The Kier molecular flexibility index (Phi) is 7.14. The van der Waals surface area contributed by atoms with Crippen LogP contribution in [0.5, 0.6) is 5.75 Å². The van der Waals surface area contributed by atoms with Gasteiger partial charge in [0.15, 0.2) is 0 Å². The lowest BCUT2D eigenvalue weighted by atomic mass is 9.74. The summed E-state index contributed by atoms with van der Waals surface area (Å²) in [6.45, 7) is 1.05. The lowest BCUT2D eigenvalue weighted by Crippen LogP contribution is -2.27.